The van der Waals surface area contributed by atoms with Crippen molar-refractivity contribution in [2.45, 2.75) is 31.3 Å². The second-order valence-electron chi connectivity index (χ2n) is 3.05. The topological polar surface area (TPSA) is 82.0 Å². The molecule has 0 aromatic rings. The summed E-state index contributed by atoms with van der Waals surface area (Å²) in [6, 6.07) is 0. The molecule has 0 spiro atoms. The second-order valence-corrected chi connectivity index (χ2v) is 3.05. The number of ether oxygens (including phenoxy) is 1. The zero-order valence-corrected chi connectivity index (χ0v) is 8.27. The minimum Gasteiger partial charge on any atom is -0.391 e. The van der Waals surface area contributed by atoms with Crippen molar-refractivity contribution in [2.24, 2.45) is 0 Å². The summed E-state index contributed by atoms with van der Waals surface area (Å²) in [5, 5.41) is 30.7. The van der Waals surface area contributed by atoms with Crippen molar-refractivity contribution >= 4 is 0 Å². The average Bonchev–Trinajstić information content (AvgIpc) is 2.11. The molecule has 5 nitrogen and oxygen atoms in total. The number of methoxy groups -OCH3 is 1. The third-order valence-corrected chi connectivity index (χ3v) is 1.93. The predicted molar refractivity (Wildman–Crippen MR) is 48.4 cm³/mol. The molecule has 0 aliphatic rings. The maximum Gasteiger partial charge on any atom is 0.110 e. The first kappa shape index (κ1) is 12.8. The monoisotopic (exact) mass is 193 g/mol. The van der Waals surface area contributed by atoms with Gasteiger partial charge in [0.25, 0.3) is 0 Å². The Balaban J connectivity index is 4.10. The molecule has 0 bridgehead atoms. The van der Waals surface area contributed by atoms with Crippen LogP contribution in [0.3, 0.4) is 0 Å². The van der Waals surface area contributed by atoms with Gasteiger partial charge in [0.1, 0.15) is 12.2 Å². The molecule has 0 rings (SSSR count). The highest BCUT2D eigenvalue weighted by Crippen LogP contribution is 2.06. The first-order valence-corrected chi connectivity index (χ1v) is 4.26. The van der Waals surface area contributed by atoms with Crippen molar-refractivity contribution in [3.05, 3.63) is 0 Å². The number of rotatable bonds is 6. The van der Waals surface area contributed by atoms with E-state index in [2.05, 4.69) is 5.32 Å². The van der Waals surface area contributed by atoms with Gasteiger partial charge in [-0.3, -0.25) is 0 Å². The molecule has 0 radical (unpaired) electrons. The van der Waals surface area contributed by atoms with Gasteiger partial charge in [-0.2, -0.15) is 0 Å². The van der Waals surface area contributed by atoms with Gasteiger partial charge in [-0.25, -0.2) is 0 Å². The van der Waals surface area contributed by atoms with Crippen molar-refractivity contribution in [3.63, 3.8) is 0 Å². The second kappa shape index (κ2) is 6.28. The highest BCUT2D eigenvalue weighted by molar-refractivity contribution is 4.80. The number of aliphatic hydroxyl groups excluding tert-OH is 3. The lowest BCUT2D eigenvalue weighted by molar-refractivity contribution is -0.108. The lowest BCUT2D eigenvalue weighted by Crippen LogP contribution is -2.47. The highest BCUT2D eigenvalue weighted by Gasteiger charge is 2.28. The Morgan fingerprint density at radius 3 is 2.08 bits per heavy atom. The largest absolute Gasteiger partial charge is 0.391 e. The molecule has 0 aliphatic heterocycles. The molecule has 13 heavy (non-hydrogen) atoms. The van der Waals surface area contributed by atoms with E-state index >= 15 is 0 Å². The molecular formula is C8H19NO4. The molecule has 0 aliphatic carbocycles. The van der Waals surface area contributed by atoms with E-state index < -0.39 is 24.4 Å². The summed E-state index contributed by atoms with van der Waals surface area (Å²) in [6.45, 7) is 1.83. The standard InChI is InChI=1S/C8H19NO4/c1-5(10)7(11)8(12)6(13-3)4-9-2/h5-12H,4H2,1-3H3. The minimum absolute atomic E-state index is 0.418. The van der Waals surface area contributed by atoms with Gasteiger partial charge in [-0.15, -0.1) is 0 Å². The summed E-state index contributed by atoms with van der Waals surface area (Å²) in [6.07, 6.45) is -3.75. The van der Waals surface area contributed by atoms with Gasteiger partial charge in [0.15, 0.2) is 0 Å². The summed E-state index contributed by atoms with van der Waals surface area (Å²) >= 11 is 0. The number of likely N-dealkylation sites (N-methyl/N-ethyl adjacent to an activating group) is 1. The smallest absolute Gasteiger partial charge is 0.110 e. The lowest BCUT2D eigenvalue weighted by atomic mass is 10.0. The van der Waals surface area contributed by atoms with Crippen LogP contribution in [0, 0.1) is 0 Å². The summed E-state index contributed by atoms with van der Waals surface area (Å²) in [5.74, 6) is 0. The molecule has 0 heterocycles. The Labute approximate surface area is 78.3 Å². The Morgan fingerprint density at radius 1 is 1.23 bits per heavy atom. The van der Waals surface area contributed by atoms with Gasteiger partial charge in [-0.05, 0) is 14.0 Å². The molecule has 4 unspecified atom stereocenters. The van der Waals surface area contributed by atoms with Crippen LogP contribution in [0.5, 0.6) is 0 Å². The van der Waals surface area contributed by atoms with Gasteiger partial charge >= 0.3 is 0 Å². The van der Waals surface area contributed by atoms with E-state index in [1.54, 1.807) is 7.05 Å². The molecule has 5 heteroatoms. The van der Waals surface area contributed by atoms with Crippen LogP contribution >= 0.6 is 0 Å². The van der Waals surface area contributed by atoms with E-state index in [4.69, 9.17) is 9.84 Å². The fraction of sp³-hybridized carbons (Fsp3) is 1.00. The third-order valence-electron chi connectivity index (χ3n) is 1.93. The molecule has 0 fully saturated rings. The van der Waals surface area contributed by atoms with E-state index in [1.807, 2.05) is 0 Å². The Kier molecular flexibility index (Phi) is 6.19. The van der Waals surface area contributed by atoms with Gasteiger partial charge in [0, 0.05) is 13.7 Å². The molecule has 0 saturated heterocycles. The van der Waals surface area contributed by atoms with E-state index in [0.717, 1.165) is 0 Å². The molecule has 0 aromatic heterocycles. The summed E-state index contributed by atoms with van der Waals surface area (Å²) in [4.78, 5) is 0. The SMILES string of the molecule is CNCC(OC)C(O)C(O)C(C)O. The number of nitrogens with one attached hydrogen (secondary N) is 1. The van der Waals surface area contributed by atoms with Crippen molar-refractivity contribution in [1.29, 1.82) is 0 Å². The van der Waals surface area contributed by atoms with Crippen LogP contribution in [0.4, 0.5) is 0 Å². The third kappa shape index (κ3) is 4.02. The molecule has 0 saturated carbocycles. The predicted octanol–water partition coefficient (Wildman–Crippen LogP) is -1.68. The van der Waals surface area contributed by atoms with Gasteiger partial charge in [0.2, 0.25) is 0 Å². The van der Waals surface area contributed by atoms with Crippen molar-refractivity contribution in [3.8, 4) is 0 Å². The summed E-state index contributed by atoms with van der Waals surface area (Å²) in [5.41, 5.74) is 0. The van der Waals surface area contributed by atoms with E-state index in [9.17, 15) is 10.2 Å². The van der Waals surface area contributed by atoms with Crippen molar-refractivity contribution < 1.29 is 20.1 Å². The van der Waals surface area contributed by atoms with Crippen LogP contribution in [-0.2, 0) is 4.74 Å². The molecule has 80 valence electrons. The van der Waals surface area contributed by atoms with E-state index in [1.165, 1.54) is 14.0 Å². The fourth-order valence-corrected chi connectivity index (χ4v) is 1.05. The quantitative estimate of drug-likeness (QED) is 0.405. The van der Waals surface area contributed by atoms with Crippen molar-refractivity contribution in [2.75, 3.05) is 20.7 Å². The number of aliphatic hydroxyl groups is 3. The minimum atomic E-state index is -1.18. The van der Waals surface area contributed by atoms with Crippen LogP contribution in [0.15, 0.2) is 0 Å². The number of hydrogen-bond acceptors (Lipinski definition) is 5. The normalized spacial score (nSPS) is 20.8. The fourth-order valence-electron chi connectivity index (χ4n) is 1.05. The van der Waals surface area contributed by atoms with Crippen LogP contribution in [0.25, 0.3) is 0 Å². The molecule has 0 aromatic carbocycles. The van der Waals surface area contributed by atoms with E-state index in [-0.39, 0.29) is 0 Å². The maximum atomic E-state index is 9.50. The van der Waals surface area contributed by atoms with Crippen LogP contribution < -0.4 is 5.32 Å². The maximum absolute atomic E-state index is 9.50. The Hall–Kier alpha value is -0.200. The summed E-state index contributed by atoms with van der Waals surface area (Å²) in [7, 11) is 3.16. The highest BCUT2D eigenvalue weighted by atomic mass is 16.5. The first-order chi connectivity index (χ1) is 6.04. The molecule has 4 N–H and O–H groups in total. The zero-order valence-electron chi connectivity index (χ0n) is 8.27. The lowest BCUT2D eigenvalue weighted by Gasteiger charge is -2.27. The van der Waals surface area contributed by atoms with Crippen LogP contribution in [-0.4, -0.2) is 60.4 Å². The average molecular weight is 193 g/mol. The molecule has 0 amide bonds. The summed E-state index contributed by atoms with van der Waals surface area (Å²) < 4.78 is 4.94. The number of hydrogen-bond donors (Lipinski definition) is 4. The first-order valence-electron chi connectivity index (χ1n) is 4.26. The molecular weight excluding hydrogens is 174 g/mol. The van der Waals surface area contributed by atoms with Gasteiger partial charge in [-0.1, -0.05) is 0 Å². The zero-order chi connectivity index (χ0) is 10.4. The van der Waals surface area contributed by atoms with E-state index in [0.29, 0.717) is 6.54 Å². The van der Waals surface area contributed by atoms with Crippen LogP contribution in [0.1, 0.15) is 6.92 Å². The van der Waals surface area contributed by atoms with Gasteiger partial charge in [0.05, 0.1) is 12.2 Å². The Morgan fingerprint density at radius 2 is 1.77 bits per heavy atom. The van der Waals surface area contributed by atoms with Crippen molar-refractivity contribution in [1.82, 2.24) is 5.32 Å². The Bertz CT molecular complexity index is 131. The van der Waals surface area contributed by atoms with Crippen LogP contribution in [0.2, 0.25) is 0 Å². The molecule has 4 atom stereocenters. The van der Waals surface area contributed by atoms with Gasteiger partial charge < -0.3 is 25.4 Å².